The third-order valence-electron chi connectivity index (χ3n) is 4.40. The standard InChI is InChI=1S/C19H22O.C7H14/c20-19(16-15-18-11-5-2-6-12-18)14-8-7-13-17-9-3-1-4-10-17;1-3-5-7-6-4-2/h1-7,9-13,19-20H,8,14-16H2;3H,1,4-7H2,2H3/b13-7+;. The second-order valence-electron chi connectivity index (χ2n) is 6.85. The molecule has 0 aromatic heterocycles. The van der Waals surface area contributed by atoms with Gasteiger partial charge in [0, 0.05) is 0 Å². The molecule has 0 aliphatic carbocycles. The van der Waals surface area contributed by atoms with E-state index in [2.05, 4.69) is 49.9 Å². The molecule has 0 fully saturated rings. The van der Waals surface area contributed by atoms with Crippen LogP contribution >= 0.6 is 0 Å². The van der Waals surface area contributed by atoms with Crippen molar-refractivity contribution in [2.75, 3.05) is 0 Å². The van der Waals surface area contributed by atoms with Crippen LogP contribution in [-0.2, 0) is 6.42 Å². The van der Waals surface area contributed by atoms with Crippen LogP contribution in [0.5, 0.6) is 0 Å². The van der Waals surface area contributed by atoms with Crippen molar-refractivity contribution in [1.82, 2.24) is 0 Å². The van der Waals surface area contributed by atoms with E-state index >= 15 is 0 Å². The summed E-state index contributed by atoms with van der Waals surface area (Å²) in [6, 6.07) is 20.6. The van der Waals surface area contributed by atoms with Crippen LogP contribution < -0.4 is 0 Å². The molecule has 0 radical (unpaired) electrons. The molecule has 0 amide bonds. The first-order valence-electron chi connectivity index (χ1n) is 10.3. The molecule has 0 spiro atoms. The second-order valence-corrected chi connectivity index (χ2v) is 6.85. The van der Waals surface area contributed by atoms with Crippen molar-refractivity contribution in [1.29, 1.82) is 0 Å². The van der Waals surface area contributed by atoms with Gasteiger partial charge in [-0.1, -0.05) is 98.7 Å². The first kappa shape index (κ1) is 22.9. The summed E-state index contributed by atoms with van der Waals surface area (Å²) in [5, 5.41) is 9.97. The molecule has 1 heteroatoms. The highest BCUT2D eigenvalue weighted by Crippen LogP contribution is 2.10. The fraction of sp³-hybridized carbons (Fsp3) is 0.385. The predicted octanol–water partition coefficient (Wildman–Crippen LogP) is 7.23. The number of hydrogen-bond acceptors (Lipinski definition) is 1. The van der Waals surface area contributed by atoms with Crippen LogP contribution in [0.4, 0.5) is 0 Å². The Morgan fingerprint density at radius 3 is 2.19 bits per heavy atom. The van der Waals surface area contributed by atoms with E-state index in [1.165, 1.54) is 36.8 Å². The van der Waals surface area contributed by atoms with Crippen molar-refractivity contribution in [3.8, 4) is 0 Å². The van der Waals surface area contributed by atoms with E-state index in [1.807, 2.05) is 42.5 Å². The molecule has 0 saturated heterocycles. The number of aryl methyl sites for hydroxylation is 1. The molecule has 2 rings (SSSR count). The molecule has 1 unspecified atom stereocenters. The zero-order chi connectivity index (χ0) is 19.6. The molecule has 0 saturated carbocycles. The van der Waals surface area contributed by atoms with Crippen molar-refractivity contribution < 1.29 is 5.11 Å². The Morgan fingerprint density at radius 1 is 0.889 bits per heavy atom. The third kappa shape index (κ3) is 12.8. The summed E-state index contributed by atoms with van der Waals surface area (Å²) in [6.45, 7) is 5.84. The number of unbranched alkanes of at least 4 members (excludes halogenated alkanes) is 3. The minimum absolute atomic E-state index is 0.212. The Morgan fingerprint density at radius 2 is 1.56 bits per heavy atom. The van der Waals surface area contributed by atoms with E-state index in [-0.39, 0.29) is 6.10 Å². The SMILES string of the molecule is C=CCCCCC.OC(CC/C=C/c1ccccc1)CCc1ccccc1. The number of benzene rings is 2. The second kappa shape index (κ2) is 16.1. The van der Waals surface area contributed by atoms with Crippen molar-refractivity contribution in [3.05, 3.63) is 90.5 Å². The molecule has 1 atom stereocenters. The van der Waals surface area contributed by atoms with Gasteiger partial charge in [-0.05, 0) is 49.7 Å². The maximum absolute atomic E-state index is 9.97. The van der Waals surface area contributed by atoms with Gasteiger partial charge in [0.2, 0.25) is 0 Å². The number of rotatable bonds is 11. The lowest BCUT2D eigenvalue weighted by atomic mass is 10.0. The molecule has 1 nitrogen and oxygen atoms in total. The predicted molar refractivity (Wildman–Crippen MR) is 120 cm³/mol. The highest BCUT2D eigenvalue weighted by Gasteiger charge is 2.03. The van der Waals surface area contributed by atoms with Crippen LogP contribution in [0.2, 0.25) is 0 Å². The minimum Gasteiger partial charge on any atom is -0.393 e. The van der Waals surface area contributed by atoms with Gasteiger partial charge in [0.15, 0.2) is 0 Å². The topological polar surface area (TPSA) is 20.2 Å². The zero-order valence-corrected chi connectivity index (χ0v) is 16.9. The third-order valence-corrected chi connectivity index (χ3v) is 4.40. The summed E-state index contributed by atoms with van der Waals surface area (Å²) >= 11 is 0. The van der Waals surface area contributed by atoms with E-state index in [0.717, 1.165) is 25.7 Å². The largest absolute Gasteiger partial charge is 0.393 e. The molecule has 0 aliphatic rings. The van der Waals surface area contributed by atoms with Gasteiger partial charge in [-0.3, -0.25) is 0 Å². The Hall–Kier alpha value is -2.12. The molecule has 0 heterocycles. The Kier molecular flexibility index (Phi) is 13.7. The maximum Gasteiger partial charge on any atom is 0.0546 e. The first-order valence-corrected chi connectivity index (χ1v) is 10.3. The Labute approximate surface area is 166 Å². The highest BCUT2D eigenvalue weighted by molar-refractivity contribution is 5.48. The van der Waals surface area contributed by atoms with Gasteiger partial charge < -0.3 is 5.11 Å². The first-order chi connectivity index (χ1) is 13.3. The minimum atomic E-state index is -0.212. The fourth-order valence-electron chi connectivity index (χ4n) is 2.73. The lowest BCUT2D eigenvalue weighted by Crippen LogP contribution is -2.07. The van der Waals surface area contributed by atoms with Gasteiger partial charge in [0.25, 0.3) is 0 Å². The molecular formula is C26H36O. The van der Waals surface area contributed by atoms with Gasteiger partial charge in [-0.15, -0.1) is 6.58 Å². The van der Waals surface area contributed by atoms with Crippen molar-refractivity contribution in [2.24, 2.45) is 0 Å². The number of allylic oxidation sites excluding steroid dienone is 2. The molecule has 1 N–H and O–H groups in total. The average molecular weight is 365 g/mol. The number of aliphatic hydroxyl groups is 1. The van der Waals surface area contributed by atoms with Crippen LogP contribution in [-0.4, -0.2) is 11.2 Å². The smallest absolute Gasteiger partial charge is 0.0546 e. The van der Waals surface area contributed by atoms with E-state index in [0.29, 0.717) is 0 Å². The molecule has 2 aromatic rings. The summed E-state index contributed by atoms with van der Waals surface area (Å²) in [5.41, 5.74) is 2.51. The molecule has 27 heavy (non-hydrogen) atoms. The van der Waals surface area contributed by atoms with E-state index in [4.69, 9.17) is 0 Å². The highest BCUT2D eigenvalue weighted by atomic mass is 16.3. The molecular weight excluding hydrogens is 328 g/mol. The summed E-state index contributed by atoms with van der Waals surface area (Å²) in [7, 11) is 0. The zero-order valence-electron chi connectivity index (χ0n) is 16.9. The molecule has 146 valence electrons. The average Bonchev–Trinajstić information content (AvgIpc) is 2.72. The van der Waals surface area contributed by atoms with E-state index in [1.54, 1.807) is 0 Å². The van der Waals surface area contributed by atoms with Gasteiger partial charge in [0.05, 0.1) is 6.10 Å². The van der Waals surface area contributed by atoms with Crippen LogP contribution in [0.1, 0.15) is 63.0 Å². The van der Waals surface area contributed by atoms with Gasteiger partial charge in [-0.2, -0.15) is 0 Å². The Balaban J connectivity index is 0.000000445. The molecule has 2 aromatic carbocycles. The van der Waals surface area contributed by atoms with Crippen LogP contribution in [0, 0.1) is 0 Å². The molecule has 0 aliphatic heterocycles. The van der Waals surface area contributed by atoms with E-state index < -0.39 is 0 Å². The van der Waals surface area contributed by atoms with E-state index in [9.17, 15) is 5.11 Å². The van der Waals surface area contributed by atoms with Gasteiger partial charge >= 0.3 is 0 Å². The van der Waals surface area contributed by atoms with Gasteiger partial charge in [-0.25, -0.2) is 0 Å². The summed E-state index contributed by atoms with van der Waals surface area (Å²) in [5.74, 6) is 0. The van der Waals surface area contributed by atoms with Crippen LogP contribution in [0.15, 0.2) is 79.4 Å². The van der Waals surface area contributed by atoms with Crippen molar-refractivity contribution in [2.45, 2.75) is 64.4 Å². The van der Waals surface area contributed by atoms with Crippen LogP contribution in [0.3, 0.4) is 0 Å². The lowest BCUT2D eigenvalue weighted by Gasteiger charge is -2.08. The summed E-state index contributed by atoms with van der Waals surface area (Å²) in [6.07, 6.45) is 14.7. The van der Waals surface area contributed by atoms with Crippen LogP contribution in [0.25, 0.3) is 6.08 Å². The maximum atomic E-state index is 9.97. The van der Waals surface area contributed by atoms with Crippen molar-refractivity contribution in [3.63, 3.8) is 0 Å². The fourth-order valence-corrected chi connectivity index (χ4v) is 2.73. The lowest BCUT2D eigenvalue weighted by molar-refractivity contribution is 0.156. The summed E-state index contributed by atoms with van der Waals surface area (Å²) in [4.78, 5) is 0. The van der Waals surface area contributed by atoms with Gasteiger partial charge in [0.1, 0.15) is 0 Å². The Bertz CT molecular complexity index is 601. The number of aliphatic hydroxyl groups excluding tert-OH is 1. The summed E-state index contributed by atoms with van der Waals surface area (Å²) < 4.78 is 0. The normalized spacial score (nSPS) is 11.6. The monoisotopic (exact) mass is 364 g/mol. The quantitative estimate of drug-likeness (QED) is 0.329. The molecule has 0 bridgehead atoms. The number of hydrogen-bond donors (Lipinski definition) is 1. The van der Waals surface area contributed by atoms with Crippen molar-refractivity contribution >= 4 is 6.08 Å².